The highest BCUT2D eigenvalue weighted by Crippen LogP contribution is 2.40. The smallest absolute Gasteiger partial charge is 0.212 e. The van der Waals surface area contributed by atoms with E-state index >= 15 is 0 Å². The van der Waals surface area contributed by atoms with E-state index in [1.54, 1.807) is 0 Å². The average Bonchev–Trinajstić information content (AvgIpc) is 3.17. The molecule has 33 heavy (non-hydrogen) atoms. The van der Waals surface area contributed by atoms with Gasteiger partial charge in [-0.05, 0) is 19.4 Å². The van der Waals surface area contributed by atoms with Gasteiger partial charge in [-0.15, -0.1) is 0 Å². The highest BCUT2D eigenvalue weighted by Gasteiger charge is 2.30. The maximum absolute atomic E-state index is 6.18. The van der Waals surface area contributed by atoms with E-state index in [1.807, 2.05) is 41.9 Å². The topological polar surface area (TPSA) is 105 Å². The summed E-state index contributed by atoms with van der Waals surface area (Å²) in [5, 5.41) is 7.94. The second-order valence-electron chi connectivity index (χ2n) is 8.38. The Morgan fingerprint density at radius 1 is 1.09 bits per heavy atom. The third-order valence-corrected chi connectivity index (χ3v) is 6.18. The largest absolute Gasteiger partial charge is 0.489 e. The number of aryl methyl sites for hydroxylation is 1. The molecule has 2 aliphatic rings. The zero-order valence-electron chi connectivity index (χ0n) is 18.6. The Hall–Kier alpha value is -4.01. The Morgan fingerprint density at radius 3 is 2.64 bits per heavy atom. The fourth-order valence-electron chi connectivity index (χ4n) is 4.61. The normalized spacial score (nSPS) is 17.3. The van der Waals surface area contributed by atoms with Crippen LogP contribution in [0.3, 0.4) is 0 Å². The lowest BCUT2D eigenvalue weighted by atomic mass is 10.1. The summed E-state index contributed by atoms with van der Waals surface area (Å²) in [5.41, 5.74) is 12.0. The molecule has 1 unspecified atom stereocenters. The van der Waals surface area contributed by atoms with E-state index < -0.39 is 0 Å². The van der Waals surface area contributed by atoms with E-state index in [4.69, 9.17) is 30.3 Å². The number of ether oxygens (including phenoxy) is 2. The zero-order chi connectivity index (χ0) is 22.5. The van der Waals surface area contributed by atoms with Crippen LogP contribution >= 0.6 is 0 Å². The SMILES string of the molecule is Cc1nn(Cc2ccccc2)c(C)c1C1N=C(N)Nc2nc3cc4c(cc3n21)OCCCO4. The Kier molecular flexibility index (Phi) is 4.49. The highest BCUT2D eigenvalue weighted by molar-refractivity contribution is 5.95. The Morgan fingerprint density at radius 2 is 1.85 bits per heavy atom. The standard InChI is InChI=1S/C24H25N7O2/c1-14-21(15(2)30(29-14)13-16-7-4-3-5-8-16)22-27-23(25)28-24-26-17-11-19-20(12-18(17)31(22)24)33-10-6-9-32-19/h3-5,7-8,11-12,22H,6,9-10,13H2,1-2H3,(H3,25,26,27,28). The van der Waals surface area contributed by atoms with Gasteiger partial charge >= 0.3 is 0 Å². The molecule has 0 bridgehead atoms. The molecule has 2 aromatic heterocycles. The third-order valence-electron chi connectivity index (χ3n) is 6.18. The van der Waals surface area contributed by atoms with Gasteiger partial charge in [-0.25, -0.2) is 9.98 Å². The molecule has 0 aliphatic carbocycles. The molecular formula is C24H25N7O2. The molecule has 3 N–H and O–H groups in total. The minimum Gasteiger partial charge on any atom is -0.489 e. The van der Waals surface area contributed by atoms with Crippen LogP contribution in [0.1, 0.15) is 35.1 Å². The fraction of sp³-hybridized carbons (Fsp3) is 0.292. The lowest BCUT2D eigenvalue weighted by Crippen LogP contribution is -2.31. The molecule has 0 saturated heterocycles. The number of nitrogens with one attached hydrogen (secondary N) is 1. The first-order valence-electron chi connectivity index (χ1n) is 11.1. The van der Waals surface area contributed by atoms with Crippen LogP contribution in [-0.4, -0.2) is 38.5 Å². The Labute approximate surface area is 190 Å². The first kappa shape index (κ1) is 19.7. The van der Waals surface area contributed by atoms with Crippen molar-refractivity contribution >= 4 is 22.9 Å². The second-order valence-corrected chi connectivity index (χ2v) is 8.38. The summed E-state index contributed by atoms with van der Waals surface area (Å²) in [5.74, 6) is 2.39. The summed E-state index contributed by atoms with van der Waals surface area (Å²) in [6.45, 7) is 6.03. The number of rotatable bonds is 3. The molecule has 0 spiro atoms. The molecule has 6 rings (SSSR count). The number of aromatic nitrogens is 4. The van der Waals surface area contributed by atoms with Crippen LogP contribution in [-0.2, 0) is 6.54 Å². The van der Waals surface area contributed by atoms with E-state index in [0.29, 0.717) is 37.4 Å². The predicted octanol–water partition coefficient (Wildman–Crippen LogP) is 3.35. The minimum atomic E-state index is -0.388. The summed E-state index contributed by atoms with van der Waals surface area (Å²) in [7, 11) is 0. The van der Waals surface area contributed by atoms with Gasteiger partial charge in [0.1, 0.15) is 0 Å². The van der Waals surface area contributed by atoms with Crippen molar-refractivity contribution in [2.75, 3.05) is 18.5 Å². The first-order valence-corrected chi connectivity index (χ1v) is 11.1. The van der Waals surface area contributed by atoms with Gasteiger partial charge in [0.25, 0.3) is 0 Å². The number of anilines is 1. The quantitative estimate of drug-likeness (QED) is 0.503. The Balaban J connectivity index is 1.48. The zero-order valence-corrected chi connectivity index (χ0v) is 18.6. The summed E-state index contributed by atoms with van der Waals surface area (Å²) in [6.07, 6.45) is 0.460. The van der Waals surface area contributed by atoms with Crippen LogP contribution in [0.2, 0.25) is 0 Å². The number of aliphatic imine (C=N–C) groups is 1. The number of guanidine groups is 1. The molecule has 2 aromatic carbocycles. The van der Waals surface area contributed by atoms with Gasteiger partial charge in [-0.1, -0.05) is 30.3 Å². The van der Waals surface area contributed by atoms with Crippen molar-refractivity contribution < 1.29 is 9.47 Å². The molecule has 9 heteroatoms. The minimum absolute atomic E-state index is 0.325. The number of nitrogens with two attached hydrogens (primary N) is 1. The predicted molar refractivity (Wildman–Crippen MR) is 126 cm³/mol. The molecular weight excluding hydrogens is 418 g/mol. The number of hydrogen-bond donors (Lipinski definition) is 2. The second kappa shape index (κ2) is 7.54. The molecule has 4 heterocycles. The first-order chi connectivity index (χ1) is 16.1. The van der Waals surface area contributed by atoms with Crippen molar-refractivity contribution in [3.63, 3.8) is 0 Å². The highest BCUT2D eigenvalue weighted by atomic mass is 16.5. The maximum atomic E-state index is 6.18. The van der Waals surface area contributed by atoms with Gasteiger partial charge in [-0.2, -0.15) is 5.10 Å². The Bertz CT molecular complexity index is 1390. The molecule has 0 fully saturated rings. The van der Waals surface area contributed by atoms with Gasteiger partial charge < -0.3 is 15.2 Å². The van der Waals surface area contributed by atoms with Gasteiger partial charge in [0.2, 0.25) is 5.95 Å². The maximum Gasteiger partial charge on any atom is 0.212 e. The van der Waals surface area contributed by atoms with Crippen molar-refractivity contribution in [2.24, 2.45) is 10.7 Å². The van der Waals surface area contributed by atoms with Gasteiger partial charge in [0.05, 0.1) is 36.5 Å². The van der Waals surface area contributed by atoms with Crippen LogP contribution in [0.5, 0.6) is 11.5 Å². The molecule has 168 valence electrons. The van der Waals surface area contributed by atoms with E-state index in [2.05, 4.69) is 28.9 Å². The third kappa shape index (κ3) is 3.27. The molecule has 4 aromatic rings. The summed E-state index contributed by atoms with van der Waals surface area (Å²) >= 11 is 0. The summed E-state index contributed by atoms with van der Waals surface area (Å²) in [6, 6.07) is 14.2. The average molecular weight is 444 g/mol. The molecule has 0 amide bonds. The summed E-state index contributed by atoms with van der Waals surface area (Å²) < 4.78 is 15.9. The number of hydrogen-bond acceptors (Lipinski definition) is 7. The van der Waals surface area contributed by atoms with Crippen LogP contribution in [0.25, 0.3) is 11.0 Å². The van der Waals surface area contributed by atoms with E-state index in [9.17, 15) is 0 Å². The molecule has 0 saturated carbocycles. The van der Waals surface area contributed by atoms with Gasteiger partial charge in [-0.3, -0.25) is 14.6 Å². The molecule has 1 atom stereocenters. The van der Waals surface area contributed by atoms with E-state index in [1.165, 1.54) is 5.56 Å². The molecule has 0 radical (unpaired) electrons. The van der Waals surface area contributed by atoms with Crippen molar-refractivity contribution in [3.05, 3.63) is 65.0 Å². The van der Waals surface area contributed by atoms with Crippen molar-refractivity contribution in [1.82, 2.24) is 19.3 Å². The van der Waals surface area contributed by atoms with Crippen molar-refractivity contribution in [3.8, 4) is 11.5 Å². The van der Waals surface area contributed by atoms with E-state index in [0.717, 1.165) is 40.2 Å². The number of imidazole rings is 1. The van der Waals surface area contributed by atoms with Crippen molar-refractivity contribution in [1.29, 1.82) is 0 Å². The van der Waals surface area contributed by atoms with Crippen LogP contribution in [0.15, 0.2) is 47.5 Å². The molecule has 9 nitrogen and oxygen atoms in total. The number of fused-ring (bicyclic) bond motifs is 4. The van der Waals surface area contributed by atoms with Crippen LogP contribution in [0.4, 0.5) is 5.95 Å². The summed E-state index contributed by atoms with van der Waals surface area (Å²) in [4.78, 5) is 9.55. The van der Waals surface area contributed by atoms with Crippen molar-refractivity contribution in [2.45, 2.75) is 33.0 Å². The van der Waals surface area contributed by atoms with Crippen LogP contribution in [0, 0.1) is 13.8 Å². The van der Waals surface area contributed by atoms with Gasteiger partial charge in [0, 0.05) is 29.8 Å². The number of nitrogens with zero attached hydrogens (tertiary/aromatic N) is 5. The van der Waals surface area contributed by atoms with Gasteiger partial charge in [0.15, 0.2) is 23.6 Å². The fourth-order valence-corrected chi connectivity index (χ4v) is 4.61. The lowest BCUT2D eigenvalue weighted by molar-refractivity contribution is 0.297. The monoisotopic (exact) mass is 443 g/mol. The number of benzene rings is 2. The molecule has 2 aliphatic heterocycles. The lowest BCUT2D eigenvalue weighted by Gasteiger charge is -2.24. The van der Waals surface area contributed by atoms with E-state index in [-0.39, 0.29) is 6.17 Å². The van der Waals surface area contributed by atoms with Crippen LogP contribution < -0.4 is 20.5 Å².